The van der Waals surface area contributed by atoms with Crippen molar-refractivity contribution in [2.45, 2.75) is 10.2 Å². The van der Waals surface area contributed by atoms with E-state index in [0.717, 1.165) is 5.56 Å². The Balaban J connectivity index is 2.88. The molecule has 86 valence electrons. The summed E-state index contributed by atoms with van der Waals surface area (Å²) < 4.78 is 2.91. The molecule has 2 nitrogen and oxygen atoms in total. The van der Waals surface area contributed by atoms with Gasteiger partial charge in [0.05, 0.1) is 0 Å². The molecular weight excluding hydrogens is 270 g/mol. The van der Waals surface area contributed by atoms with Gasteiger partial charge in [-0.3, -0.25) is 0 Å². The Hall–Kier alpha value is -0.700. The van der Waals surface area contributed by atoms with Crippen LogP contribution in [0.3, 0.4) is 0 Å². The molecule has 0 fully saturated rings. The molecule has 1 rings (SSSR count). The van der Waals surface area contributed by atoms with Crippen LogP contribution in [0, 0.1) is 0 Å². The molecule has 0 unspecified atom stereocenters. The Morgan fingerprint density at radius 3 is 2.56 bits per heavy atom. The molecule has 0 spiro atoms. The van der Waals surface area contributed by atoms with E-state index >= 15 is 0 Å². The van der Waals surface area contributed by atoms with E-state index in [2.05, 4.69) is 6.58 Å². The Morgan fingerprint density at radius 1 is 1.38 bits per heavy atom. The van der Waals surface area contributed by atoms with Crippen LogP contribution in [-0.2, 0) is 11.2 Å². The SMILES string of the molecule is C=CCc1ccccc1OC(=O)C(Cl)(Cl)Cl. The normalized spacial score (nSPS) is 10.9. The number of hydrogen-bond acceptors (Lipinski definition) is 2. The van der Waals surface area contributed by atoms with Crippen molar-refractivity contribution in [2.24, 2.45) is 0 Å². The highest BCUT2D eigenvalue weighted by molar-refractivity contribution is 6.75. The lowest BCUT2D eigenvalue weighted by molar-refractivity contribution is -0.133. The molecule has 0 aliphatic rings. The van der Waals surface area contributed by atoms with Crippen LogP contribution in [-0.4, -0.2) is 9.76 Å². The smallest absolute Gasteiger partial charge is 0.363 e. The summed E-state index contributed by atoms with van der Waals surface area (Å²) in [6, 6.07) is 6.99. The zero-order valence-corrected chi connectivity index (χ0v) is 10.5. The molecule has 0 aliphatic carbocycles. The molecule has 16 heavy (non-hydrogen) atoms. The summed E-state index contributed by atoms with van der Waals surface area (Å²) >= 11 is 16.2. The minimum atomic E-state index is -2.07. The largest absolute Gasteiger partial charge is 0.423 e. The maximum absolute atomic E-state index is 11.3. The predicted octanol–water partition coefficient (Wildman–Crippen LogP) is 3.69. The van der Waals surface area contributed by atoms with E-state index in [4.69, 9.17) is 39.5 Å². The number of esters is 1. The van der Waals surface area contributed by atoms with Crippen molar-refractivity contribution in [1.82, 2.24) is 0 Å². The maximum atomic E-state index is 11.3. The maximum Gasteiger partial charge on any atom is 0.363 e. The van der Waals surface area contributed by atoms with Crippen molar-refractivity contribution in [3.8, 4) is 5.75 Å². The highest BCUT2D eigenvalue weighted by Gasteiger charge is 2.33. The zero-order valence-electron chi connectivity index (χ0n) is 8.25. The van der Waals surface area contributed by atoms with Gasteiger partial charge in [0.1, 0.15) is 5.75 Å². The molecule has 0 aliphatic heterocycles. The Kier molecular flexibility index (Phi) is 4.66. The van der Waals surface area contributed by atoms with Crippen molar-refractivity contribution in [1.29, 1.82) is 0 Å². The highest BCUT2D eigenvalue weighted by atomic mass is 35.6. The number of benzene rings is 1. The number of allylic oxidation sites excluding steroid dienone is 1. The first kappa shape index (κ1) is 13.4. The molecule has 1 aromatic rings. The third-order valence-corrected chi connectivity index (χ3v) is 2.23. The van der Waals surface area contributed by atoms with Crippen LogP contribution in [0.4, 0.5) is 0 Å². The summed E-state index contributed by atoms with van der Waals surface area (Å²) in [5.41, 5.74) is 0.806. The second-order valence-electron chi connectivity index (χ2n) is 2.99. The van der Waals surface area contributed by atoms with Gasteiger partial charge >= 0.3 is 5.97 Å². The summed E-state index contributed by atoms with van der Waals surface area (Å²) in [7, 11) is 0. The molecule has 0 aromatic heterocycles. The summed E-state index contributed by atoms with van der Waals surface area (Å²) in [6.45, 7) is 3.61. The van der Waals surface area contributed by atoms with Crippen LogP contribution in [0.15, 0.2) is 36.9 Å². The van der Waals surface area contributed by atoms with Gasteiger partial charge in [0.25, 0.3) is 3.79 Å². The fourth-order valence-corrected chi connectivity index (χ4v) is 1.20. The van der Waals surface area contributed by atoms with Crippen molar-refractivity contribution < 1.29 is 9.53 Å². The first-order valence-electron chi connectivity index (χ1n) is 4.43. The van der Waals surface area contributed by atoms with Crippen LogP contribution >= 0.6 is 34.8 Å². The second-order valence-corrected chi connectivity index (χ2v) is 5.27. The van der Waals surface area contributed by atoms with Gasteiger partial charge in [-0.25, -0.2) is 4.79 Å². The number of carbonyl (C=O) groups excluding carboxylic acids is 1. The van der Waals surface area contributed by atoms with Gasteiger partial charge in [0, 0.05) is 0 Å². The van der Waals surface area contributed by atoms with Crippen molar-refractivity contribution in [3.05, 3.63) is 42.5 Å². The van der Waals surface area contributed by atoms with Gasteiger partial charge in [0.2, 0.25) is 0 Å². The van der Waals surface area contributed by atoms with Gasteiger partial charge in [-0.2, -0.15) is 0 Å². The van der Waals surface area contributed by atoms with Crippen molar-refractivity contribution in [3.63, 3.8) is 0 Å². The monoisotopic (exact) mass is 278 g/mol. The molecule has 0 N–H and O–H groups in total. The van der Waals surface area contributed by atoms with Crippen LogP contribution in [0.5, 0.6) is 5.75 Å². The number of para-hydroxylation sites is 1. The molecule has 0 saturated heterocycles. The van der Waals surface area contributed by atoms with E-state index in [-0.39, 0.29) is 0 Å². The fourth-order valence-electron chi connectivity index (χ4n) is 1.09. The Bertz CT molecular complexity index is 396. The minimum absolute atomic E-state index is 0.374. The number of rotatable bonds is 3. The van der Waals surface area contributed by atoms with Gasteiger partial charge in [-0.05, 0) is 18.1 Å². The lowest BCUT2D eigenvalue weighted by Crippen LogP contribution is -2.25. The van der Waals surface area contributed by atoms with Crippen LogP contribution in [0.1, 0.15) is 5.56 Å². The van der Waals surface area contributed by atoms with E-state index in [1.807, 2.05) is 12.1 Å². The molecule has 0 bridgehead atoms. The number of carbonyl (C=O) groups is 1. The van der Waals surface area contributed by atoms with Crippen molar-refractivity contribution in [2.75, 3.05) is 0 Å². The summed E-state index contributed by atoms with van der Waals surface area (Å²) in [5.74, 6) is -0.548. The molecule has 1 aromatic carbocycles. The summed E-state index contributed by atoms with van der Waals surface area (Å²) in [4.78, 5) is 11.3. The Morgan fingerprint density at radius 2 is 2.00 bits per heavy atom. The lowest BCUT2D eigenvalue weighted by Gasteiger charge is -2.12. The van der Waals surface area contributed by atoms with Gasteiger partial charge in [-0.15, -0.1) is 6.58 Å². The van der Waals surface area contributed by atoms with Crippen molar-refractivity contribution >= 4 is 40.8 Å². The minimum Gasteiger partial charge on any atom is -0.423 e. The summed E-state index contributed by atoms with van der Waals surface area (Å²) in [5, 5.41) is 0. The average Bonchev–Trinajstić information content (AvgIpc) is 2.20. The number of alkyl halides is 3. The number of halogens is 3. The van der Waals surface area contributed by atoms with E-state index in [1.54, 1.807) is 18.2 Å². The van der Waals surface area contributed by atoms with Gasteiger partial charge < -0.3 is 4.74 Å². The van der Waals surface area contributed by atoms with E-state index < -0.39 is 9.76 Å². The molecule has 0 amide bonds. The quantitative estimate of drug-likeness (QED) is 0.365. The van der Waals surface area contributed by atoms with Crippen LogP contribution < -0.4 is 4.74 Å². The second kappa shape index (κ2) is 5.58. The number of ether oxygens (including phenoxy) is 1. The average molecular weight is 280 g/mol. The molecule has 5 heteroatoms. The topological polar surface area (TPSA) is 26.3 Å². The molecule has 0 atom stereocenters. The van der Waals surface area contributed by atoms with Crippen LogP contribution in [0.25, 0.3) is 0 Å². The van der Waals surface area contributed by atoms with Gasteiger partial charge in [-0.1, -0.05) is 59.1 Å². The summed E-state index contributed by atoms with van der Waals surface area (Å²) in [6.07, 6.45) is 2.27. The predicted molar refractivity (Wildman–Crippen MR) is 66.3 cm³/mol. The third-order valence-electron chi connectivity index (χ3n) is 1.77. The molecule has 0 heterocycles. The highest BCUT2D eigenvalue weighted by Crippen LogP contribution is 2.29. The van der Waals surface area contributed by atoms with E-state index in [0.29, 0.717) is 12.2 Å². The first-order chi connectivity index (χ1) is 7.45. The third kappa shape index (κ3) is 3.71. The van der Waals surface area contributed by atoms with E-state index in [9.17, 15) is 4.79 Å². The van der Waals surface area contributed by atoms with Crippen LogP contribution in [0.2, 0.25) is 0 Å². The number of hydrogen-bond donors (Lipinski definition) is 0. The fraction of sp³-hybridized carbons (Fsp3) is 0.182. The standard InChI is InChI=1S/C11H9Cl3O2/c1-2-5-8-6-3-4-7-9(8)16-10(15)11(12,13)14/h2-4,6-7H,1,5H2. The van der Waals surface area contributed by atoms with E-state index in [1.165, 1.54) is 0 Å². The molecule has 0 saturated carbocycles. The Labute approximate surface area is 109 Å². The molecular formula is C11H9Cl3O2. The first-order valence-corrected chi connectivity index (χ1v) is 5.56. The molecule has 0 radical (unpaired) electrons. The lowest BCUT2D eigenvalue weighted by atomic mass is 10.1. The van der Waals surface area contributed by atoms with Gasteiger partial charge in [0.15, 0.2) is 0 Å². The zero-order chi connectivity index (χ0) is 12.2.